The summed E-state index contributed by atoms with van der Waals surface area (Å²) >= 11 is 0. The van der Waals surface area contributed by atoms with Crippen LogP contribution in [0, 0.1) is 0 Å². The zero-order valence-corrected chi connectivity index (χ0v) is 29.5. The predicted molar refractivity (Wildman–Crippen MR) is 220 cm³/mol. The van der Waals surface area contributed by atoms with Gasteiger partial charge in [0.15, 0.2) is 17.5 Å². The molecule has 5 heteroatoms. The molecule has 9 rings (SSSR count). The lowest BCUT2D eigenvalue weighted by Gasteiger charge is -2.18. The third kappa shape index (κ3) is 6.67. The van der Waals surface area contributed by atoms with Crippen molar-refractivity contribution < 1.29 is 0 Å². The van der Waals surface area contributed by atoms with Crippen molar-refractivity contribution in [3.63, 3.8) is 0 Å². The minimum Gasteiger partial charge on any atom is -0.243 e. The molecular formula is C49H35N5. The Kier molecular flexibility index (Phi) is 9.02. The smallest absolute Gasteiger partial charge is 0.164 e. The van der Waals surface area contributed by atoms with Crippen LogP contribution in [0.5, 0.6) is 0 Å². The summed E-state index contributed by atoms with van der Waals surface area (Å²) in [5.74, 6) is 1.80. The lowest BCUT2D eigenvalue weighted by atomic mass is 9.96. The van der Waals surface area contributed by atoms with Crippen LogP contribution in [0.15, 0.2) is 188 Å². The molecule has 256 valence electrons. The molecule has 0 atom stereocenters. The van der Waals surface area contributed by atoms with Crippen LogP contribution in [-0.2, 0) is 0 Å². The van der Waals surface area contributed by atoms with Crippen molar-refractivity contribution in [2.75, 3.05) is 0 Å². The first-order chi connectivity index (χ1) is 26.8. The van der Waals surface area contributed by atoms with Gasteiger partial charge in [-0.3, -0.25) is 0 Å². The van der Waals surface area contributed by atoms with Gasteiger partial charge < -0.3 is 0 Å². The SMILES string of the molecule is C1=CC(c2nc(-c3ccccc3)c(-c3cccc(-c4nc(-c5ccccc5)nc(-c5ccccc5-c5ccccc5)n4)c3)nc2-c2ccccc2)=CCC1. The monoisotopic (exact) mass is 693 g/mol. The molecule has 6 aromatic carbocycles. The van der Waals surface area contributed by atoms with Crippen LogP contribution in [0.2, 0.25) is 0 Å². The molecule has 0 spiro atoms. The zero-order chi connectivity index (χ0) is 36.1. The van der Waals surface area contributed by atoms with Crippen LogP contribution < -0.4 is 0 Å². The first kappa shape index (κ1) is 32.8. The van der Waals surface area contributed by atoms with Crippen molar-refractivity contribution in [2.45, 2.75) is 12.8 Å². The highest BCUT2D eigenvalue weighted by Crippen LogP contribution is 2.38. The van der Waals surface area contributed by atoms with Gasteiger partial charge in [-0.1, -0.05) is 182 Å². The van der Waals surface area contributed by atoms with Crippen LogP contribution in [0.25, 0.3) is 84.6 Å². The van der Waals surface area contributed by atoms with Crippen LogP contribution in [0.3, 0.4) is 0 Å². The van der Waals surface area contributed by atoms with Gasteiger partial charge in [0.05, 0.1) is 22.8 Å². The Morgan fingerprint density at radius 2 is 0.778 bits per heavy atom. The zero-order valence-electron chi connectivity index (χ0n) is 29.5. The van der Waals surface area contributed by atoms with Crippen molar-refractivity contribution >= 4 is 5.57 Å². The summed E-state index contributed by atoms with van der Waals surface area (Å²) in [6, 6.07) is 57.7. The average molecular weight is 694 g/mol. The molecule has 0 radical (unpaired) electrons. The van der Waals surface area contributed by atoms with E-state index in [0.717, 1.165) is 85.7 Å². The number of nitrogens with zero attached hydrogens (tertiary/aromatic N) is 5. The maximum atomic E-state index is 5.48. The second-order valence-electron chi connectivity index (χ2n) is 13.2. The molecule has 8 aromatic rings. The molecular weight excluding hydrogens is 659 g/mol. The van der Waals surface area contributed by atoms with E-state index in [1.54, 1.807) is 0 Å². The summed E-state index contributed by atoms with van der Waals surface area (Å²) in [6.45, 7) is 0. The van der Waals surface area contributed by atoms with E-state index in [1.165, 1.54) is 0 Å². The van der Waals surface area contributed by atoms with Crippen LogP contribution in [0.4, 0.5) is 0 Å². The summed E-state index contributed by atoms with van der Waals surface area (Å²) in [4.78, 5) is 26.2. The van der Waals surface area contributed by atoms with E-state index in [4.69, 9.17) is 24.9 Å². The maximum absolute atomic E-state index is 5.48. The van der Waals surface area contributed by atoms with E-state index in [-0.39, 0.29) is 0 Å². The van der Waals surface area contributed by atoms with Crippen molar-refractivity contribution in [1.29, 1.82) is 0 Å². The molecule has 0 fully saturated rings. The molecule has 0 saturated carbocycles. The average Bonchev–Trinajstić information content (AvgIpc) is 3.27. The van der Waals surface area contributed by atoms with E-state index >= 15 is 0 Å². The quantitative estimate of drug-likeness (QED) is 0.158. The molecule has 2 aromatic heterocycles. The largest absolute Gasteiger partial charge is 0.243 e. The molecule has 2 heterocycles. The van der Waals surface area contributed by atoms with Crippen molar-refractivity contribution in [2.24, 2.45) is 0 Å². The number of allylic oxidation sites excluding steroid dienone is 4. The van der Waals surface area contributed by atoms with Gasteiger partial charge in [-0.15, -0.1) is 0 Å². The Hall–Kier alpha value is -7.11. The Morgan fingerprint density at radius 1 is 0.315 bits per heavy atom. The van der Waals surface area contributed by atoms with Crippen LogP contribution in [-0.4, -0.2) is 24.9 Å². The minimum absolute atomic E-state index is 0.579. The molecule has 0 amide bonds. The highest BCUT2D eigenvalue weighted by atomic mass is 15.0. The Labute approximate surface area is 315 Å². The van der Waals surface area contributed by atoms with Crippen LogP contribution in [0.1, 0.15) is 18.5 Å². The number of benzene rings is 6. The van der Waals surface area contributed by atoms with Gasteiger partial charge in [0, 0.05) is 33.4 Å². The standard InChI is InChI=1S/C49H35N5/c1-6-19-34(20-7-1)41-31-16-17-32-42(41)49-53-47(38-27-14-5-15-28-38)52-48(54-49)40-30-18-29-39(33-40)46-45(37-25-12-4-13-26-37)50-43(35-21-8-2-9-22-35)44(51-46)36-23-10-3-11-24-36/h1,3-8,10-33H,2,9H2. The van der Waals surface area contributed by atoms with E-state index in [1.807, 2.05) is 72.8 Å². The lowest BCUT2D eigenvalue weighted by molar-refractivity contribution is 1.03. The molecule has 0 bridgehead atoms. The van der Waals surface area contributed by atoms with Gasteiger partial charge >= 0.3 is 0 Å². The topological polar surface area (TPSA) is 64.5 Å². The molecule has 5 nitrogen and oxygen atoms in total. The summed E-state index contributed by atoms with van der Waals surface area (Å²) < 4.78 is 0. The van der Waals surface area contributed by atoms with Gasteiger partial charge in [-0.2, -0.15) is 0 Å². The Morgan fingerprint density at radius 3 is 1.41 bits per heavy atom. The predicted octanol–water partition coefficient (Wildman–Crippen LogP) is 12.1. The third-order valence-electron chi connectivity index (χ3n) is 9.57. The maximum Gasteiger partial charge on any atom is 0.164 e. The van der Waals surface area contributed by atoms with E-state index in [0.29, 0.717) is 17.5 Å². The van der Waals surface area contributed by atoms with Gasteiger partial charge in [-0.05, 0) is 35.6 Å². The fraction of sp³-hybridized carbons (Fsp3) is 0.0408. The van der Waals surface area contributed by atoms with Gasteiger partial charge in [0.2, 0.25) is 0 Å². The van der Waals surface area contributed by atoms with Gasteiger partial charge in [0.25, 0.3) is 0 Å². The molecule has 0 unspecified atom stereocenters. The van der Waals surface area contributed by atoms with Crippen LogP contribution >= 0.6 is 0 Å². The van der Waals surface area contributed by atoms with Gasteiger partial charge in [-0.25, -0.2) is 24.9 Å². The number of hydrogen-bond donors (Lipinski definition) is 0. The molecule has 1 aliphatic carbocycles. The van der Waals surface area contributed by atoms with E-state index < -0.39 is 0 Å². The fourth-order valence-electron chi connectivity index (χ4n) is 6.92. The van der Waals surface area contributed by atoms with Crippen molar-refractivity contribution in [3.8, 4) is 79.1 Å². The number of rotatable bonds is 8. The third-order valence-corrected chi connectivity index (χ3v) is 9.57. The first-order valence-corrected chi connectivity index (χ1v) is 18.3. The number of aromatic nitrogens is 5. The summed E-state index contributed by atoms with van der Waals surface area (Å²) in [5, 5.41) is 0. The summed E-state index contributed by atoms with van der Waals surface area (Å²) in [6.07, 6.45) is 8.66. The van der Waals surface area contributed by atoms with Crippen molar-refractivity contribution in [3.05, 3.63) is 194 Å². The second kappa shape index (κ2) is 14.9. The Balaban J connectivity index is 1.24. The summed E-state index contributed by atoms with van der Waals surface area (Å²) in [7, 11) is 0. The molecule has 0 N–H and O–H groups in total. The van der Waals surface area contributed by atoms with E-state index in [2.05, 4.69) is 115 Å². The highest BCUT2D eigenvalue weighted by Gasteiger charge is 2.21. The molecule has 0 aliphatic heterocycles. The van der Waals surface area contributed by atoms with E-state index in [9.17, 15) is 0 Å². The Bertz CT molecular complexity index is 2630. The number of hydrogen-bond acceptors (Lipinski definition) is 5. The lowest BCUT2D eigenvalue weighted by Crippen LogP contribution is -2.04. The molecule has 54 heavy (non-hydrogen) atoms. The second-order valence-corrected chi connectivity index (χ2v) is 13.2. The van der Waals surface area contributed by atoms with Gasteiger partial charge in [0.1, 0.15) is 0 Å². The first-order valence-electron chi connectivity index (χ1n) is 18.3. The fourth-order valence-corrected chi connectivity index (χ4v) is 6.92. The highest BCUT2D eigenvalue weighted by molar-refractivity contribution is 5.88. The summed E-state index contributed by atoms with van der Waals surface area (Å²) in [5.41, 5.74) is 12.2. The minimum atomic E-state index is 0.579. The molecule has 1 aliphatic rings. The van der Waals surface area contributed by atoms with Crippen molar-refractivity contribution in [1.82, 2.24) is 24.9 Å². The normalized spacial score (nSPS) is 12.3. The molecule has 0 saturated heterocycles.